The van der Waals surface area contributed by atoms with Crippen molar-refractivity contribution < 1.29 is 8.42 Å². The summed E-state index contributed by atoms with van der Waals surface area (Å²) in [6.07, 6.45) is 0.844. The summed E-state index contributed by atoms with van der Waals surface area (Å²) in [6.45, 7) is 8.21. The van der Waals surface area contributed by atoms with E-state index in [9.17, 15) is 8.42 Å². The zero-order valence-corrected chi connectivity index (χ0v) is 12.8. The molecule has 0 aromatic heterocycles. The maximum Gasteiger partial charge on any atom is 0.240 e. The molecule has 0 atom stereocenters. The Morgan fingerprint density at radius 2 is 2.00 bits per heavy atom. The van der Waals surface area contributed by atoms with Gasteiger partial charge in [-0.15, -0.1) is 0 Å². The van der Waals surface area contributed by atoms with Crippen LogP contribution in [0, 0.1) is 5.92 Å². The van der Waals surface area contributed by atoms with Crippen LogP contribution in [0.3, 0.4) is 0 Å². The third-order valence-corrected chi connectivity index (χ3v) is 4.26. The molecule has 0 heterocycles. The van der Waals surface area contributed by atoms with Crippen molar-refractivity contribution in [3.63, 3.8) is 0 Å². The van der Waals surface area contributed by atoms with E-state index in [0.29, 0.717) is 23.9 Å². The molecule has 1 aromatic carbocycles. The molecule has 1 rings (SSSR count). The van der Waals surface area contributed by atoms with Crippen molar-refractivity contribution in [2.24, 2.45) is 5.92 Å². The summed E-state index contributed by atoms with van der Waals surface area (Å²) in [4.78, 5) is 0.339. The van der Waals surface area contributed by atoms with Crippen LogP contribution < -0.4 is 10.0 Å². The molecule has 5 heteroatoms. The van der Waals surface area contributed by atoms with Crippen LogP contribution in [0.5, 0.6) is 0 Å². The van der Waals surface area contributed by atoms with Gasteiger partial charge in [-0.3, -0.25) is 0 Å². The van der Waals surface area contributed by atoms with Crippen LogP contribution in [0.15, 0.2) is 29.2 Å². The first-order valence-electron chi connectivity index (χ1n) is 6.75. The Balaban J connectivity index is 2.71. The fourth-order valence-electron chi connectivity index (χ4n) is 1.66. The summed E-state index contributed by atoms with van der Waals surface area (Å²) in [5.74, 6) is 0.489. The van der Waals surface area contributed by atoms with Crippen molar-refractivity contribution in [3.05, 3.63) is 29.8 Å². The summed E-state index contributed by atoms with van der Waals surface area (Å²) >= 11 is 0. The molecule has 0 fully saturated rings. The molecule has 0 amide bonds. The lowest BCUT2D eigenvalue weighted by atomic mass is 10.1. The molecule has 2 N–H and O–H groups in total. The third kappa shape index (κ3) is 5.72. The van der Waals surface area contributed by atoms with Crippen molar-refractivity contribution in [2.75, 3.05) is 13.1 Å². The highest BCUT2D eigenvalue weighted by molar-refractivity contribution is 7.89. The topological polar surface area (TPSA) is 58.2 Å². The molecule has 0 radical (unpaired) electrons. The van der Waals surface area contributed by atoms with Crippen molar-refractivity contribution in [3.8, 4) is 0 Å². The van der Waals surface area contributed by atoms with Gasteiger partial charge in [-0.1, -0.05) is 32.9 Å². The molecule has 108 valence electrons. The minimum Gasteiger partial charge on any atom is -0.313 e. The number of sulfonamides is 1. The van der Waals surface area contributed by atoms with Crippen molar-refractivity contribution in [2.45, 2.75) is 38.6 Å². The molecule has 0 bridgehead atoms. The molecule has 19 heavy (non-hydrogen) atoms. The minimum absolute atomic E-state index is 0.339. The Morgan fingerprint density at radius 3 is 2.63 bits per heavy atom. The summed E-state index contributed by atoms with van der Waals surface area (Å²) in [7, 11) is -3.38. The molecule has 0 aliphatic carbocycles. The van der Waals surface area contributed by atoms with E-state index in [1.54, 1.807) is 18.2 Å². The van der Waals surface area contributed by atoms with Crippen LogP contribution in [-0.2, 0) is 16.6 Å². The molecule has 0 unspecified atom stereocenters. The number of hydrogen-bond donors (Lipinski definition) is 2. The predicted molar refractivity (Wildman–Crippen MR) is 78.5 cm³/mol. The number of hydrogen-bond acceptors (Lipinski definition) is 3. The van der Waals surface area contributed by atoms with Crippen LogP contribution in [0.4, 0.5) is 0 Å². The zero-order chi connectivity index (χ0) is 14.3. The lowest BCUT2D eigenvalue weighted by Crippen LogP contribution is -2.25. The average Bonchev–Trinajstić information content (AvgIpc) is 2.36. The highest BCUT2D eigenvalue weighted by atomic mass is 32.2. The Labute approximate surface area is 116 Å². The van der Waals surface area contributed by atoms with E-state index in [4.69, 9.17) is 0 Å². The van der Waals surface area contributed by atoms with Gasteiger partial charge < -0.3 is 5.32 Å². The molecule has 1 aromatic rings. The first-order chi connectivity index (χ1) is 8.95. The van der Waals surface area contributed by atoms with Gasteiger partial charge in [-0.2, -0.15) is 0 Å². The van der Waals surface area contributed by atoms with Crippen molar-refractivity contribution in [1.82, 2.24) is 10.0 Å². The second kappa shape index (κ2) is 7.62. The van der Waals surface area contributed by atoms with Gasteiger partial charge in [0.15, 0.2) is 0 Å². The van der Waals surface area contributed by atoms with E-state index in [1.807, 2.05) is 13.0 Å². The second-order valence-electron chi connectivity index (χ2n) is 5.01. The van der Waals surface area contributed by atoms with E-state index < -0.39 is 10.0 Å². The van der Waals surface area contributed by atoms with E-state index >= 15 is 0 Å². The Kier molecular flexibility index (Phi) is 6.48. The van der Waals surface area contributed by atoms with Gasteiger partial charge >= 0.3 is 0 Å². The largest absolute Gasteiger partial charge is 0.313 e. The molecule has 0 saturated heterocycles. The average molecular weight is 284 g/mol. The van der Waals surface area contributed by atoms with Gasteiger partial charge in [0.25, 0.3) is 0 Å². The van der Waals surface area contributed by atoms with E-state index in [2.05, 4.69) is 23.9 Å². The Hall–Kier alpha value is -0.910. The highest BCUT2D eigenvalue weighted by Crippen LogP contribution is 2.11. The molecule has 0 spiro atoms. The smallest absolute Gasteiger partial charge is 0.240 e. The quantitative estimate of drug-likeness (QED) is 0.769. The summed E-state index contributed by atoms with van der Waals surface area (Å²) in [5, 5.41) is 3.19. The fourth-order valence-corrected chi connectivity index (χ4v) is 2.77. The molecular formula is C14H24N2O2S. The van der Waals surface area contributed by atoms with Gasteiger partial charge in [-0.25, -0.2) is 13.1 Å². The van der Waals surface area contributed by atoms with E-state index in [0.717, 1.165) is 18.5 Å². The lowest BCUT2D eigenvalue weighted by molar-refractivity contribution is 0.551. The van der Waals surface area contributed by atoms with Crippen LogP contribution >= 0.6 is 0 Å². The molecule has 0 saturated carbocycles. The minimum atomic E-state index is -3.38. The summed E-state index contributed by atoms with van der Waals surface area (Å²) in [5.41, 5.74) is 0.980. The van der Waals surface area contributed by atoms with Crippen LogP contribution in [0.1, 0.15) is 32.8 Å². The molecule has 0 aliphatic heterocycles. The van der Waals surface area contributed by atoms with Gasteiger partial charge in [0.2, 0.25) is 10.0 Å². The van der Waals surface area contributed by atoms with E-state index in [1.165, 1.54) is 0 Å². The number of benzene rings is 1. The van der Waals surface area contributed by atoms with E-state index in [-0.39, 0.29) is 0 Å². The van der Waals surface area contributed by atoms with Crippen LogP contribution in [-0.4, -0.2) is 21.5 Å². The summed E-state index contributed by atoms with van der Waals surface area (Å²) < 4.78 is 26.9. The first-order valence-corrected chi connectivity index (χ1v) is 8.23. The SMILES string of the molecule is CCNCc1cccc(S(=O)(=O)NCCC(C)C)c1. The van der Waals surface area contributed by atoms with Crippen molar-refractivity contribution >= 4 is 10.0 Å². The number of rotatable bonds is 8. The number of nitrogens with one attached hydrogen (secondary N) is 2. The fraction of sp³-hybridized carbons (Fsp3) is 0.571. The maximum absolute atomic E-state index is 12.1. The predicted octanol–water partition coefficient (Wildman–Crippen LogP) is 2.12. The first kappa shape index (κ1) is 16.1. The Bertz CT molecular complexity index is 484. The third-order valence-electron chi connectivity index (χ3n) is 2.80. The van der Waals surface area contributed by atoms with Crippen molar-refractivity contribution in [1.29, 1.82) is 0 Å². The normalized spacial score (nSPS) is 12.0. The summed E-state index contributed by atoms with van der Waals surface area (Å²) in [6, 6.07) is 7.06. The molecule has 4 nitrogen and oxygen atoms in total. The molecular weight excluding hydrogens is 260 g/mol. The van der Waals surface area contributed by atoms with Gasteiger partial charge in [-0.05, 0) is 36.6 Å². The monoisotopic (exact) mass is 284 g/mol. The molecule has 0 aliphatic rings. The highest BCUT2D eigenvalue weighted by Gasteiger charge is 2.13. The standard InChI is InChI=1S/C14H24N2O2S/c1-4-15-11-13-6-5-7-14(10-13)19(17,18)16-9-8-12(2)3/h5-7,10,12,15-16H,4,8-9,11H2,1-3H3. The van der Waals surface area contributed by atoms with Crippen LogP contribution in [0.25, 0.3) is 0 Å². The van der Waals surface area contributed by atoms with Gasteiger partial charge in [0, 0.05) is 13.1 Å². The van der Waals surface area contributed by atoms with Gasteiger partial charge in [0.05, 0.1) is 4.90 Å². The maximum atomic E-state index is 12.1. The second-order valence-corrected chi connectivity index (χ2v) is 6.77. The van der Waals surface area contributed by atoms with Crippen LogP contribution in [0.2, 0.25) is 0 Å². The Morgan fingerprint density at radius 1 is 1.26 bits per heavy atom. The zero-order valence-electron chi connectivity index (χ0n) is 11.9. The lowest BCUT2D eigenvalue weighted by Gasteiger charge is -2.09. The van der Waals surface area contributed by atoms with Gasteiger partial charge in [0.1, 0.15) is 0 Å².